The third-order valence-electron chi connectivity index (χ3n) is 3.42. The minimum absolute atomic E-state index is 0.784. The molecule has 2 N–H and O–H groups in total. The Labute approximate surface area is 109 Å². The van der Waals surface area contributed by atoms with Crippen LogP contribution in [0, 0.1) is 20.8 Å². The van der Waals surface area contributed by atoms with Crippen LogP contribution < -0.4 is 5.73 Å². The Morgan fingerprint density at radius 3 is 2.50 bits per heavy atom. The van der Waals surface area contributed by atoms with Gasteiger partial charge in [0.25, 0.3) is 0 Å². The van der Waals surface area contributed by atoms with E-state index in [0.717, 1.165) is 30.6 Å². The largest absolute Gasteiger partial charge is 0.330 e. The van der Waals surface area contributed by atoms with E-state index >= 15 is 0 Å². The van der Waals surface area contributed by atoms with Crippen molar-refractivity contribution in [2.45, 2.75) is 40.0 Å². The van der Waals surface area contributed by atoms with Crippen LogP contribution >= 0.6 is 0 Å². The summed E-state index contributed by atoms with van der Waals surface area (Å²) < 4.78 is 0. The topological polar surface area (TPSA) is 38.9 Å². The van der Waals surface area contributed by atoms with Crippen molar-refractivity contribution in [3.63, 3.8) is 0 Å². The van der Waals surface area contributed by atoms with Crippen molar-refractivity contribution in [1.29, 1.82) is 0 Å². The first-order chi connectivity index (χ1) is 8.61. The summed E-state index contributed by atoms with van der Waals surface area (Å²) in [6.07, 6.45) is 3.38. The van der Waals surface area contributed by atoms with E-state index in [1.165, 1.54) is 28.5 Å². The minimum Gasteiger partial charge on any atom is -0.330 e. The monoisotopic (exact) mass is 242 g/mol. The maximum Gasteiger partial charge on any atom is 0.0737 e. The molecule has 0 saturated carbocycles. The first-order valence-electron chi connectivity index (χ1n) is 6.69. The lowest BCUT2D eigenvalue weighted by Gasteiger charge is -2.10. The number of nitrogens with zero attached hydrogens (tertiary/aromatic N) is 1. The fraction of sp³-hybridized carbons (Fsp3) is 0.438. The van der Waals surface area contributed by atoms with Gasteiger partial charge in [0.2, 0.25) is 0 Å². The molecule has 0 bridgehead atoms. The van der Waals surface area contributed by atoms with Gasteiger partial charge in [0.15, 0.2) is 0 Å². The third-order valence-corrected chi connectivity index (χ3v) is 3.42. The van der Waals surface area contributed by atoms with Crippen LogP contribution in [-0.4, -0.2) is 11.5 Å². The normalized spacial score (nSPS) is 11.1. The molecule has 0 aliphatic rings. The summed E-state index contributed by atoms with van der Waals surface area (Å²) in [5, 5.41) is 1.29. The van der Waals surface area contributed by atoms with Gasteiger partial charge in [-0.25, -0.2) is 0 Å². The van der Waals surface area contributed by atoms with E-state index in [1.807, 2.05) is 0 Å². The fourth-order valence-corrected chi connectivity index (χ4v) is 2.52. The van der Waals surface area contributed by atoms with Gasteiger partial charge in [-0.05, 0) is 75.4 Å². The summed E-state index contributed by atoms with van der Waals surface area (Å²) in [6.45, 7) is 7.16. The van der Waals surface area contributed by atoms with Gasteiger partial charge in [-0.1, -0.05) is 6.07 Å². The Morgan fingerprint density at radius 2 is 1.78 bits per heavy atom. The number of fused-ring (bicyclic) bond motifs is 1. The van der Waals surface area contributed by atoms with Gasteiger partial charge >= 0.3 is 0 Å². The maximum atomic E-state index is 5.54. The smallest absolute Gasteiger partial charge is 0.0737 e. The number of unbranched alkanes of at least 4 members (excludes halogenated alkanes) is 1. The molecule has 0 fully saturated rings. The molecule has 2 heteroatoms. The second kappa shape index (κ2) is 5.49. The van der Waals surface area contributed by atoms with E-state index < -0.39 is 0 Å². The maximum absolute atomic E-state index is 5.54. The minimum atomic E-state index is 0.784. The number of nitrogens with two attached hydrogens (primary N) is 1. The van der Waals surface area contributed by atoms with Crippen molar-refractivity contribution in [3.8, 4) is 0 Å². The fourth-order valence-electron chi connectivity index (χ4n) is 2.52. The van der Waals surface area contributed by atoms with Crippen molar-refractivity contribution in [3.05, 3.63) is 40.6 Å². The molecule has 2 nitrogen and oxygen atoms in total. The van der Waals surface area contributed by atoms with Crippen LogP contribution in [0.1, 0.15) is 35.2 Å². The predicted molar refractivity (Wildman–Crippen MR) is 77.9 cm³/mol. The molecule has 0 saturated heterocycles. The Kier molecular flexibility index (Phi) is 3.97. The second-order valence-electron chi connectivity index (χ2n) is 5.14. The standard InChI is InChI=1S/C16H22N2/c1-11-8-13(3)18-16-12(2)9-14(10-15(11)16)6-4-5-7-17/h8-10H,4-7,17H2,1-3H3. The number of hydrogen-bond donors (Lipinski definition) is 1. The molecule has 1 aromatic heterocycles. The third kappa shape index (κ3) is 2.70. The van der Waals surface area contributed by atoms with E-state index in [2.05, 4.69) is 44.0 Å². The highest BCUT2D eigenvalue weighted by Crippen LogP contribution is 2.23. The molecule has 1 heterocycles. The Morgan fingerprint density at radius 1 is 1.00 bits per heavy atom. The SMILES string of the molecule is Cc1cc(C)c2cc(CCCCN)cc(C)c2n1. The molecule has 18 heavy (non-hydrogen) atoms. The van der Waals surface area contributed by atoms with Crippen LogP contribution in [-0.2, 0) is 6.42 Å². The Hall–Kier alpha value is -1.41. The van der Waals surface area contributed by atoms with Crippen molar-refractivity contribution < 1.29 is 0 Å². The van der Waals surface area contributed by atoms with Crippen LogP contribution in [0.3, 0.4) is 0 Å². The van der Waals surface area contributed by atoms with Crippen molar-refractivity contribution >= 4 is 10.9 Å². The molecular weight excluding hydrogens is 220 g/mol. The molecule has 0 radical (unpaired) electrons. The lowest BCUT2D eigenvalue weighted by atomic mass is 9.99. The van der Waals surface area contributed by atoms with Crippen molar-refractivity contribution in [2.24, 2.45) is 5.73 Å². The van der Waals surface area contributed by atoms with E-state index in [9.17, 15) is 0 Å². The molecule has 96 valence electrons. The van der Waals surface area contributed by atoms with Crippen LogP contribution in [0.15, 0.2) is 18.2 Å². The van der Waals surface area contributed by atoms with Crippen LogP contribution in [0.25, 0.3) is 10.9 Å². The summed E-state index contributed by atoms with van der Waals surface area (Å²) in [5.74, 6) is 0. The number of pyridine rings is 1. The molecule has 0 unspecified atom stereocenters. The van der Waals surface area contributed by atoms with E-state index in [1.54, 1.807) is 0 Å². The van der Waals surface area contributed by atoms with Crippen molar-refractivity contribution in [2.75, 3.05) is 6.54 Å². The van der Waals surface area contributed by atoms with E-state index in [4.69, 9.17) is 5.73 Å². The van der Waals surface area contributed by atoms with Gasteiger partial charge in [-0.3, -0.25) is 4.98 Å². The van der Waals surface area contributed by atoms with Gasteiger partial charge in [0.1, 0.15) is 0 Å². The van der Waals surface area contributed by atoms with E-state index in [0.29, 0.717) is 0 Å². The number of aryl methyl sites for hydroxylation is 4. The van der Waals surface area contributed by atoms with E-state index in [-0.39, 0.29) is 0 Å². The van der Waals surface area contributed by atoms with Crippen molar-refractivity contribution in [1.82, 2.24) is 4.98 Å². The van der Waals surface area contributed by atoms with Crippen LogP contribution in [0.2, 0.25) is 0 Å². The lowest BCUT2D eigenvalue weighted by Crippen LogP contribution is -1.99. The Balaban J connectivity index is 2.42. The zero-order chi connectivity index (χ0) is 13.1. The molecule has 0 aliphatic heterocycles. The van der Waals surface area contributed by atoms with Gasteiger partial charge in [-0.2, -0.15) is 0 Å². The summed E-state index contributed by atoms with van der Waals surface area (Å²) in [7, 11) is 0. The zero-order valence-electron chi connectivity index (χ0n) is 11.6. The molecule has 0 aliphatic carbocycles. The zero-order valence-corrected chi connectivity index (χ0v) is 11.6. The average Bonchev–Trinajstić information content (AvgIpc) is 2.31. The van der Waals surface area contributed by atoms with Crippen LogP contribution in [0.5, 0.6) is 0 Å². The summed E-state index contributed by atoms with van der Waals surface area (Å²) in [5.41, 5.74) is 11.8. The first-order valence-corrected chi connectivity index (χ1v) is 6.69. The molecule has 0 atom stereocenters. The van der Waals surface area contributed by atoms with Gasteiger partial charge in [-0.15, -0.1) is 0 Å². The van der Waals surface area contributed by atoms with Gasteiger partial charge in [0.05, 0.1) is 5.52 Å². The summed E-state index contributed by atoms with van der Waals surface area (Å²) >= 11 is 0. The van der Waals surface area contributed by atoms with Crippen LogP contribution in [0.4, 0.5) is 0 Å². The summed E-state index contributed by atoms with van der Waals surface area (Å²) in [4.78, 5) is 4.65. The quantitative estimate of drug-likeness (QED) is 0.834. The molecule has 2 aromatic rings. The Bertz CT molecular complexity index is 559. The number of rotatable bonds is 4. The molecular formula is C16H22N2. The highest BCUT2D eigenvalue weighted by molar-refractivity contribution is 5.85. The highest BCUT2D eigenvalue weighted by atomic mass is 14.7. The molecule has 0 amide bonds. The number of hydrogen-bond acceptors (Lipinski definition) is 2. The number of benzene rings is 1. The lowest BCUT2D eigenvalue weighted by molar-refractivity contribution is 0.745. The molecule has 2 rings (SSSR count). The first kappa shape index (κ1) is 13.0. The van der Waals surface area contributed by atoms with Gasteiger partial charge in [0, 0.05) is 11.1 Å². The average molecular weight is 242 g/mol. The summed E-state index contributed by atoms with van der Waals surface area (Å²) in [6, 6.07) is 6.72. The highest BCUT2D eigenvalue weighted by Gasteiger charge is 2.05. The molecule has 1 aromatic carbocycles. The predicted octanol–water partition coefficient (Wildman–Crippen LogP) is 3.44. The second-order valence-corrected chi connectivity index (χ2v) is 5.14. The molecule has 0 spiro atoms. The number of aromatic nitrogens is 1. The van der Waals surface area contributed by atoms with Gasteiger partial charge < -0.3 is 5.73 Å².